The molecule has 10 heteroatoms. The standard InChI is InChI=1S/C27H30FN3O3S3/c1-33-20-8-6-18(7-9-20)16-34-24-21(26-35-12-5-13-36-26)14-19(15-22(24)28)29-25(32)23-17-37-27(30-23)31-10-3-2-4-11-31/h6-9,14-15,17,26H,2-5,10-13,16H2,1H3,(H,29,32). The highest BCUT2D eigenvalue weighted by molar-refractivity contribution is 8.16. The Hall–Kier alpha value is -2.43. The maximum absolute atomic E-state index is 15.5. The number of hydrogen-bond acceptors (Lipinski definition) is 8. The number of nitrogens with zero attached hydrogens (tertiary/aromatic N) is 2. The third-order valence-electron chi connectivity index (χ3n) is 6.30. The molecule has 1 amide bonds. The number of aromatic nitrogens is 1. The maximum Gasteiger partial charge on any atom is 0.275 e. The van der Waals surface area contributed by atoms with E-state index in [0.717, 1.165) is 65.9 Å². The van der Waals surface area contributed by atoms with Crippen LogP contribution in [0.5, 0.6) is 11.5 Å². The minimum atomic E-state index is -0.486. The number of methoxy groups -OCH3 is 1. The van der Waals surface area contributed by atoms with Gasteiger partial charge >= 0.3 is 0 Å². The van der Waals surface area contributed by atoms with Crippen molar-refractivity contribution < 1.29 is 18.7 Å². The molecule has 3 aromatic rings. The van der Waals surface area contributed by atoms with Crippen LogP contribution >= 0.6 is 34.9 Å². The molecule has 3 heterocycles. The lowest BCUT2D eigenvalue weighted by Gasteiger charge is -2.25. The van der Waals surface area contributed by atoms with Crippen molar-refractivity contribution in [1.29, 1.82) is 0 Å². The van der Waals surface area contributed by atoms with Crippen molar-refractivity contribution in [3.63, 3.8) is 0 Å². The van der Waals surface area contributed by atoms with Crippen molar-refractivity contribution in [2.24, 2.45) is 0 Å². The second kappa shape index (κ2) is 12.4. The van der Waals surface area contributed by atoms with Crippen molar-refractivity contribution in [3.05, 3.63) is 64.4 Å². The van der Waals surface area contributed by atoms with Gasteiger partial charge in [-0.15, -0.1) is 34.9 Å². The minimum absolute atomic E-state index is 0.0379. The monoisotopic (exact) mass is 559 g/mol. The fourth-order valence-corrected chi connectivity index (χ4v) is 8.12. The lowest BCUT2D eigenvalue weighted by Crippen LogP contribution is -2.29. The number of amides is 1. The van der Waals surface area contributed by atoms with Gasteiger partial charge in [0.15, 0.2) is 16.7 Å². The van der Waals surface area contributed by atoms with Crippen LogP contribution in [0.15, 0.2) is 41.8 Å². The van der Waals surface area contributed by atoms with Gasteiger partial charge in [0.05, 0.1) is 11.7 Å². The Bertz CT molecular complexity index is 1210. The van der Waals surface area contributed by atoms with Gasteiger partial charge in [0.2, 0.25) is 0 Å². The smallest absolute Gasteiger partial charge is 0.275 e. The normalized spacial score (nSPS) is 16.4. The minimum Gasteiger partial charge on any atom is -0.497 e. The first-order valence-electron chi connectivity index (χ1n) is 12.4. The van der Waals surface area contributed by atoms with Crippen LogP contribution in [0.3, 0.4) is 0 Å². The Labute approximate surface area is 229 Å². The molecule has 2 aliphatic rings. The zero-order chi connectivity index (χ0) is 25.6. The summed E-state index contributed by atoms with van der Waals surface area (Å²) in [5.74, 6) is 2.19. The molecule has 0 unspecified atom stereocenters. The highest BCUT2D eigenvalue weighted by Gasteiger charge is 2.25. The number of carbonyl (C=O) groups is 1. The number of thioether (sulfide) groups is 2. The van der Waals surface area contributed by atoms with Crippen LogP contribution in [0, 0.1) is 5.82 Å². The molecule has 6 nitrogen and oxygen atoms in total. The van der Waals surface area contributed by atoms with Gasteiger partial charge in [-0.2, -0.15) is 0 Å². The van der Waals surface area contributed by atoms with Gasteiger partial charge in [0.25, 0.3) is 5.91 Å². The summed E-state index contributed by atoms with van der Waals surface area (Å²) >= 11 is 5.04. The first-order valence-corrected chi connectivity index (χ1v) is 15.4. The number of anilines is 2. The highest BCUT2D eigenvalue weighted by Crippen LogP contribution is 2.48. The summed E-state index contributed by atoms with van der Waals surface area (Å²) < 4.78 is 26.7. The molecule has 1 aromatic heterocycles. The van der Waals surface area contributed by atoms with Crippen molar-refractivity contribution in [3.8, 4) is 11.5 Å². The van der Waals surface area contributed by atoms with E-state index in [1.54, 1.807) is 36.0 Å². The average Bonchev–Trinajstić information content (AvgIpc) is 3.44. The van der Waals surface area contributed by atoms with Gasteiger partial charge in [-0.25, -0.2) is 9.37 Å². The van der Waals surface area contributed by atoms with Crippen LogP contribution in [0.4, 0.5) is 15.2 Å². The number of ether oxygens (including phenoxy) is 2. The molecule has 0 bridgehead atoms. The lowest BCUT2D eigenvalue weighted by atomic mass is 10.1. The predicted molar refractivity (Wildman–Crippen MR) is 152 cm³/mol. The van der Waals surface area contributed by atoms with E-state index in [4.69, 9.17) is 9.47 Å². The summed E-state index contributed by atoms with van der Waals surface area (Å²) in [4.78, 5) is 19.8. The maximum atomic E-state index is 15.5. The number of halogens is 1. The van der Waals surface area contributed by atoms with E-state index in [9.17, 15) is 4.79 Å². The quantitative estimate of drug-likeness (QED) is 0.319. The molecule has 5 rings (SSSR count). The Morgan fingerprint density at radius 3 is 2.59 bits per heavy atom. The highest BCUT2D eigenvalue weighted by atomic mass is 32.2. The van der Waals surface area contributed by atoms with Gasteiger partial charge in [-0.05, 0) is 61.0 Å². The number of rotatable bonds is 8. The zero-order valence-corrected chi connectivity index (χ0v) is 23.2. The first kappa shape index (κ1) is 26.2. The van der Waals surface area contributed by atoms with E-state index in [0.29, 0.717) is 11.4 Å². The van der Waals surface area contributed by atoms with Crippen LogP contribution < -0.4 is 19.7 Å². The van der Waals surface area contributed by atoms with E-state index in [-0.39, 0.29) is 22.8 Å². The van der Waals surface area contributed by atoms with Crippen molar-refractivity contribution >= 4 is 51.6 Å². The molecule has 2 aromatic carbocycles. The van der Waals surface area contributed by atoms with E-state index >= 15 is 4.39 Å². The SMILES string of the molecule is COc1ccc(COc2c(F)cc(NC(=O)c3csc(N4CCCCC4)n3)cc2C2SCCCS2)cc1. The molecule has 2 aliphatic heterocycles. The van der Waals surface area contributed by atoms with Crippen molar-refractivity contribution in [1.82, 2.24) is 4.98 Å². The summed E-state index contributed by atoms with van der Waals surface area (Å²) in [6.45, 7) is 2.18. The first-order chi connectivity index (χ1) is 18.1. The summed E-state index contributed by atoms with van der Waals surface area (Å²) in [7, 11) is 1.62. The van der Waals surface area contributed by atoms with Crippen LogP contribution in [0.1, 0.15) is 51.9 Å². The van der Waals surface area contributed by atoms with Crippen LogP contribution in [0.25, 0.3) is 0 Å². The van der Waals surface area contributed by atoms with Gasteiger partial charge in [0.1, 0.15) is 18.1 Å². The number of thiazole rings is 1. The number of carbonyl (C=O) groups excluding carboxylic acids is 1. The number of nitrogens with one attached hydrogen (secondary N) is 1. The van der Waals surface area contributed by atoms with Gasteiger partial charge in [-0.1, -0.05) is 12.1 Å². The lowest BCUT2D eigenvalue weighted by molar-refractivity contribution is 0.102. The van der Waals surface area contributed by atoms with Gasteiger partial charge in [0, 0.05) is 35.8 Å². The van der Waals surface area contributed by atoms with E-state index in [1.807, 2.05) is 30.3 Å². The molecule has 37 heavy (non-hydrogen) atoms. The molecule has 0 aliphatic carbocycles. The Morgan fingerprint density at radius 2 is 1.86 bits per heavy atom. The number of hydrogen-bond donors (Lipinski definition) is 1. The van der Waals surface area contributed by atoms with E-state index < -0.39 is 5.82 Å². The average molecular weight is 560 g/mol. The molecule has 1 N–H and O–H groups in total. The summed E-state index contributed by atoms with van der Waals surface area (Å²) in [6.07, 6.45) is 4.65. The second-order valence-corrected chi connectivity index (χ2v) is 12.5. The third-order valence-corrected chi connectivity index (χ3v) is 10.2. The molecule has 0 radical (unpaired) electrons. The molecular formula is C27H30FN3O3S3. The van der Waals surface area contributed by atoms with Gasteiger partial charge < -0.3 is 19.7 Å². The van der Waals surface area contributed by atoms with Crippen LogP contribution in [-0.4, -0.2) is 42.6 Å². The Kier molecular flexibility index (Phi) is 8.78. The second-order valence-electron chi connectivity index (χ2n) is 8.96. The molecule has 2 fully saturated rings. The Morgan fingerprint density at radius 1 is 1.11 bits per heavy atom. The number of piperidine rings is 1. The van der Waals surface area contributed by atoms with E-state index in [1.165, 1.54) is 23.8 Å². The summed E-state index contributed by atoms with van der Waals surface area (Å²) in [6, 6.07) is 10.7. The molecule has 2 saturated heterocycles. The third kappa shape index (κ3) is 6.53. The van der Waals surface area contributed by atoms with Gasteiger partial charge in [-0.3, -0.25) is 4.79 Å². The molecule has 0 saturated carbocycles. The van der Waals surface area contributed by atoms with Crippen LogP contribution in [0.2, 0.25) is 0 Å². The van der Waals surface area contributed by atoms with Crippen molar-refractivity contribution in [2.75, 3.05) is 41.9 Å². The largest absolute Gasteiger partial charge is 0.497 e. The number of benzene rings is 2. The molecule has 0 atom stereocenters. The molecule has 196 valence electrons. The molecular weight excluding hydrogens is 530 g/mol. The summed E-state index contributed by atoms with van der Waals surface area (Å²) in [5, 5.41) is 5.51. The molecule has 0 spiro atoms. The fraction of sp³-hybridized carbons (Fsp3) is 0.407. The summed E-state index contributed by atoms with van der Waals surface area (Å²) in [5.41, 5.74) is 2.44. The topological polar surface area (TPSA) is 63.7 Å². The van der Waals surface area contributed by atoms with E-state index in [2.05, 4.69) is 15.2 Å². The van der Waals surface area contributed by atoms with Crippen molar-refractivity contribution in [2.45, 2.75) is 36.9 Å². The fourth-order valence-electron chi connectivity index (χ4n) is 4.35. The van der Waals surface area contributed by atoms with Crippen LogP contribution in [-0.2, 0) is 6.61 Å². The Balaban J connectivity index is 1.34. The predicted octanol–water partition coefficient (Wildman–Crippen LogP) is 6.98. The zero-order valence-electron chi connectivity index (χ0n) is 20.7.